The van der Waals surface area contributed by atoms with E-state index in [1.807, 2.05) is 6.07 Å². The summed E-state index contributed by atoms with van der Waals surface area (Å²) in [6.45, 7) is 0.663. The molecule has 1 amide bonds. The van der Waals surface area contributed by atoms with E-state index in [1.54, 1.807) is 11.0 Å². The van der Waals surface area contributed by atoms with Gasteiger partial charge in [0.25, 0.3) is 5.91 Å². The van der Waals surface area contributed by atoms with E-state index in [-0.39, 0.29) is 17.8 Å². The third-order valence-electron chi connectivity index (χ3n) is 3.53. The summed E-state index contributed by atoms with van der Waals surface area (Å²) < 4.78 is 13.3. The molecule has 3 rings (SSSR count). The Bertz CT molecular complexity index is 618. The highest BCUT2D eigenvalue weighted by atomic mass is 19.1. The first kappa shape index (κ1) is 12.7. The van der Waals surface area contributed by atoms with Crippen LogP contribution in [0.1, 0.15) is 34.9 Å². The number of nitrogens with zero attached hydrogens (tertiary/aromatic N) is 3. The van der Waals surface area contributed by atoms with E-state index in [1.165, 1.54) is 30.7 Å². The molecule has 2 aromatic rings. The predicted octanol–water partition coefficient (Wildman–Crippen LogP) is 2.59. The van der Waals surface area contributed by atoms with Gasteiger partial charge in [-0.05, 0) is 30.5 Å². The van der Waals surface area contributed by atoms with Crippen LogP contribution in [0, 0.1) is 5.82 Å². The van der Waals surface area contributed by atoms with Gasteiger partial charge in [-0.1, -0.05) is 12.1 Å². The summed E-state index contributed by atoms with van der Waals surface area (Å²) in [6.07, 6.45) is 6.25. The van der Waals surface area contributed by atoms with Gasteiger partial charge in [-0.2, -0.15) is 0 Å². The molecule has 20 heavy (non-hydrogen) atoms. The van der Waals surface area contributed by atoms with Crippen LogP contribution in [0.4, 0.5) is 4.39 Å². The smallest absolute Gasteiger partial charge is 0.274 e. The zero-order chi connectivity index (χ0) is 13.9. The van der Waals surface area contributed by atoms with Crippen LogP contribution >= 0.6 is 0 Å². The van der Waals surface area contributed by atoms with Gasteiger partial charge in [-0.15, -0.1) is 0 Å². The highest BCUT2D eigenvalue weighted by Crippen LogP contribution is 2.32. The molecule has 0 unspecified atom stereocenters. The molecule has 1 saturated heterocycles. The van der Waals surface area contributed by atoms with E-state index in [0.717, 1.165) is 18.4 Å². The lowest BCUT2D eigenvalue weighted by Gasteiger charge is -2.24. The minimum absolute atomic E-state index is 0.0831. The Morgan fingerprint density at radius 2 is 2.25 bits per heavy atom. The van der Waals surface area contributed by atoms with Gasteiger partial charge in [0.2, 0.25) is 0 Å². The summed E-state index contributed by atoms with van der Waals surface area (Å²) in [5.41, 5.74) is 1.16. The zero-order valence-corrected chi connectivity index (χ0v) is 10.9. The molecule has 1 fully saturated rings. The number of likely N-dealkylation sites (tertiary alicyclic amines) is 1. The summed E-state index contributed by atoms with van der Waals surface area (Å²) in [4.78, 5) is 22.2. The molecule has 102 valence electrons. The summed E-state index contributed by atoms with van der Waals surface area (Å²) >= 11 is 0. The van der Waals surface area contributed by atoms with Gasteiger partial charge in [-0.25, -0.2) is 9.37 Å². The molecule has 0 saturated carbocycles. The highest BCUT2D eigenvalue weighted by molar-refractivity contribution is 5.92. The standard InChI is InChI=1S/C15H14FN3O/c16-12-4-1-3-11(9-12)14-5-2-8-19(14)15(20)13-10-17-6-7-18-13/h1,3-4,6-7,9-10,14H,2,5,8H2/t14-/m1/s1. The van der Waals surface area contributed by atoms with Crippen LogP contribution in [0.15, 0.2) is 42.9 Å². The van der Waals surface area contributed by atoms with Crippen molar-refractivity contribution >= 4 is 5.91 Å². The molecule has 1 aliphatic rings. The number of aromatic nitrogens is 2. The maximum Gasteiger partial charge on any atom is 0.274 e. The largest absolute Gasteiger partial charge is 0.330 e. The number of amides is 1. The van der Waals surface area contributed by atoms with E-state index in [0.29, 0.717) is 12.2 Å². The van der Waals surface area contributed by atoms with Gasteiger partial charge < -0.3 is 4.90 Å². The van der Waals surface area contributed by atoms with Crippen molar-refractivity contribution in [2.45, 2.75) is 18.9 Å². The Morgan fingerprint density at radius 3 is 3.00 bits per heavy atom. The molecule has 5 heteroatoms. The summed E-state index contributed by atoms with van der Waals surface area (Å²) in [5.74, 6) is -0.425. The van der Waals surface area contributed by atoms with Crippen molar-refractivity contribution in [2.24, 2.45) is 0 Å². The number of halogens is 1. The molecule has 2 heterocycles. The number of carbonyl (C=O) groups excluding carboxylic acids is 1. The molecule has 0 aliphatic carbocycles. The van der Waals surface area contributed by atoms with Crippen LogP contribution in [-0.2, 0) is 0 Å². The van der Waals surface area contributed by atoms with Crippen molar-refractivity contribution in [1.29, 1.82) is 0 Å². The minimum Gasteiger partial charge on any atom is -0.330 e. The van der Waals surface area contributed by atoms with Crippen LogP contribution in [0.25, 0.3) is 0 Å². The fourth-order valence-corrected chi connectivity index (χ4v) is 2.63. The van der Waals surface area contributed by atoms with Gasteiger partial charge in [0.15, 0.2) is 0 Å². The minimum atomic E-state index is -0.277. The van der Waals surface area contributed by atoms with Crippen LogP contribution in [0.5, 0.6) is 0 Å². The maximum absolute atomic E-state index is 13.3. The summed E-state index contributed by atoms with van der Waals surface area (Å²) in [6, 6.07) is 6.35. The number of hydrogen-bond acceptors (Lipinski definition) is 3. The molecule has 0 radical (unpaired) electrons. The van der Waals surface area contributed by atoms with Crippen LogP contribution in [-0.4, -0.2) is 27.3 Å². The third-order valence-corrected chi connectivity index (χ3v) is 3.53. The summed E-state index contributed by atoms with van der Waals surface area (Å²) in [7, 11) is 0. The lowest BCUT2D eigenvalue weighted by molar-refractivity contribution is 0.0729. The van der Waals surface area contributed by atoms with E-state index < -0.39 is 0 Å². The number of carbonyl (C=O) groups is 1. The Hall–Kier alpha value is -2.30. The van der Waals surface area contributed by atoms with Gasteiger partial charge in [0.05, 0.1) is 12.2 Å². The molecule has 1 aromatic carbocycles. The Labute approximate surface area is 116 Å². The van der Waals surface area contributed by atoms with E-state index in [2.05, 4.69) is 9.97 Å². The zero-order valence-electron chi connectivity index (χ0n) is 10.9. The molecule has 1 aromatic heterocycles. The fourth-order valence-electron chi connectivity index (χ4n) is 2.63. The predicted molar refractivity (Wildman–Crippen MR) is 71.4 cm³/mol. The second kappa shape index (κ2) is 5.36. The molecule has 1 aliphatic heterocycles. The van der Waals surface area contributed by atoms with Crippen molar-refractivity contribution in [3.8, 4) is 0 Å². The topological polar surface area (TPSA) is 46.1 Å². The number of benzene rings is 1. The first-order valence-electron chi connectivity index (χ1n) is 6.58. The quantitative estimate of drug-likeness (QED) is 0.843. The molecule has 1 atom stereocenters. The highest BCUT2D eigenvalue weighted by Gasteiger charge is 2.31. The molecular formula is C15H14FN3O. The second-order valence-corrected chi connectivity index (χ2v) is 4.80. The lowest BCUT2D eigenvalue weighted by atomic mass is 10.0. The van der Waals surface area contributed by atoms with Crippen LogP contribution < -0.4 is 0 Å². The van der Waals surface area contributed by atoms with Crippen molar-refractivity contribution in [1.82, 2.24) is 14.9 Å². The molecule has 4 nitrogen and oxygen atoms in total. The van der Waals surface area contributed by atoms with E-state index in [9.17, 15) is 9.18 Å². The first-order chi connectivity index (χ1) is 9.75. The molecule has 0 spiro atoms. The molecule has 0 bridgehead atoms. The van der Waals surface area contributed by atoms with Gasteiger partial charge in [0, 0.05) is 18.9 Å². The second-order valence-electron chi connectivity index (χ2n) is 4.80. The summed E-state index contributed by atoms with van der Waals surface area (Å²) in [5, 5.41) is 0. The van der Waals surface area contributed by atoms with Crippen molar-refractivity contribution in [3.63, 3.8) is 0 Å². The molecular weight excluding hydrogens is 257 g/mol. The van der Waals surface area contributed by atoms with E-state index >= 15 is 0 Å². The normalized spacial score (nSPS) is 18.2. The monoisotopic (exact) mass is 271 g/mol. The average molecular weight is 271 g/mol. The van der Waals surface area contributed by atoms with E-state index in [4.69, 9.17) is 0 Å². The van der Waals surface area contributed by atoms with Gasteiger partial charge in [0.1, 0.15) is 11.5 Å². The third kappa shape index (κ3) is 2.39. The van der Waals surface area contributed by atoms with Crippen molar-refractivity contribution < 1.29 is 9.18 Å². The lowest BCUT2D eigenvalue weighted by Crippen LogP contribution is -2.31. The van der Waals surface area contributed by atoms with Crippen LogP contribution in [0.2, 0.25) is 0 Å². The Morgan fingerprint density at radius 1 is 1.35 bits per heavy atom. The molecule has 0 N–H and O–H groups in total. The SMILES string of the molecule is O=C(c1cnccn1)N1CCC[C@@H]1c1cccc(F)c1. The van der Waals surface area contributed by atoms with Crippen LogP contribution in [0.3, 0.4) is 0 Å². The number of rotatable bonds is 2. The number of hydrogen-bond donors (Lipinski definition) is 0. The van der Waals surface area contributed by atoms with Crippen molar-refractivity contribution in [2.75, 3.05) is 6.54 Å². The Balaban J connectivity index is 1.88. The fraction of sp³-hybridized carbons (Fsp3) is 0.267. The van der Waals surface area contributed by atoms with Gasteiger partial charge >= 0.3 is 0 Å². The first-order valence-corrected chi connectivity index (χ1v) is 6.58. The average Bonchev–Trinajstić information content (AvgIpc) is 2.97. The maximum atomic E-state index is 13.3. The Kier molecular flexibility index (Phi) is 3.41. The van der Waals surface area contributed by atoms with Crippen molar-refractivity contribution in [3.05, 3.63) is 59.9 Å². The van der Waals surface area contributed by atoms with Gasteiger partial charge in [-0.3, -0.25) is 9.78 Å².